The molecule has 1 rings (SSSR count). The smallest absolute Gasteiger partial charge is 0.251 e. The first-order chi connectivity index (χ1) is 10.3. The Morgan fingerprint density at radius 1 is 1.09 bits per heavy atom. The molecule has 0 radical (unpaired) electrons. The summed E-state index contributed by atoms with van der Waals surface area (Å²) >= 11 is 0. The van der Waals surface area contributed by atoms with Crippen molar-refractivity contribution in [3.8, 4) is 0 Å². The number of nitrogens with one attached hydrogen (secondary N) is 3. The summed E-state index contributed by atoms with van der Waals surface area (Å²) in [6.07, 6.45) is 0. The van der Waals surface area contributed by atoms with Crippen LogP contribution in [0.25, 0.3) is 0 Å². The first-order valence-corrected chi connectivity index (χ1v) is 8.48. The molecule has 0 spiro atoms. The molecule has 0 bridgehead atoms. The number of sulfonamides is 1. The van der Waals surface area contributed by atoms with Crippen molar-refractivity contribution in [2.24, 2.45) is 0 Å². The number of hydrogen-bond acceptors (Lipinski definition) is 4. The van der Waals surface area contributed by atoms with Crippen LogP contribution in [-0.4, -0.2) is 39.4 Å². The highest BCUT2D eigenvalue weighted by molar-refractivity contribution is 7.89. The molecule has 1 unspecified atom stereocenters. The first-order valence-electron chi connectivity index (χ1n) is 7.00. The lowest BCUT2D eigenvalue weighted by atomic mass is 10.2. The highest BCUT2D eigenvalue weighted by Crippen LogP contribution is 2.10. The van der Waals surface area contributed by atoms with Crippen molar-refractivity contribution >= 4 is 21.8 Å². The maximum Gasteiger partial charge on any atom is 0.251 e. The zero-order valence-corrected chi connectivity index (χ0v) is 13.7. The Hall–Kier alpha value is -1.93. The van der Waals surface area contributed by atoms with Gasteiger partial charge in [-0.1, -0.05) is 6.92 Å². The lowest BCUT2D eigenvalue weighted by Gasteiger charge is -2.13. The molecule has 0 aromatic heterocycles. The number of rotatable bonds is 7. The molecule has 7 nitrogen and oxygen atoms in total. The molecular weight excluding hydrogens is 306 g/mol. The number of amides is 2. The van der Waals surface area contributed by atoms with Crippen LogP contribution < -0.4 is 15.4 Å². The Labute approximate surface area is 130 Å². The average Bonchev–Trinajstić information content (AvgIpc) is 2.47. The van der Waals surface area contributed by atoms with Gasteiger partial charge in [0.05, 0.1) is 4.90 Å². The largest absolute Gasteiger partial charge is 0.355 e. The van der Waals surface area contributed by atoms with E-state index in [2.05, 4.69) is 15.4 Å². The number of benzene rings is 1. The molecule has 1 aromatic rings. The third kappa shape index (κ3) is 4.81. The highest BCUT2D eigenvalue weighted by Gasteiger charge is 2.17. The molecule has 0 fully saturated rings. The molecule has 3 N–H and O–H groups in total. The van der Waals surface area contributed by atoms with Gasteiger partial charge in [-0.2, -0.15) is 0 Å². The monoisotopic (exact) mass is 327 g/mol. The summed E-state index contributed by atoms with van der Waals surface area (Å²) in [5.74, 6) is -0.714. The predicted molar refractivity (Wildman–Crippen MR) is 82.9 cm³/mol. The Morgan fingerprint density at radius 2 is 1.68 bits per heavy atom. The molecule has 1 aromatic carbocycles. The Bertz CT molecular complexity index is 626. The van der Waals surface area contributed by atoms with E-state index in [9.17, 15) is 18.0 Å². The number of carbonyl (C=O) groups is 2. The van der Waals surface area contributed by atoms with E-state index in [0.717, 1.165) is 0 Å². The van der Waals surface area contributed by atoms with Crippen molar-refractivity contribution in [1.29, 1.82) is 0 Å². The van der Waals surface area contributed by atoms with Gasteiger partial charge in [0.1, 0.15) is 6.04 Å². The van der Waals surface area contributed by atoms with E-state index in [1.807, 2.05) is 0 Å². The average molecular weight is 327 g/mol. The van der Waals surface area contributed by atoms with E-state index < -0.39 is 22.0 Å². The van der Waals surface area contributed by atoms with E-state index in [1.54, 1.807) is 20.8 Å². The maximum absolute atomic E-state index is 12.0. The molecule has 0 aliphatic rings. The van der Waals surface area contributed by atoms with Crippen LogP contribution in [0.4, 0.5) is 0 Å². The van der Waals surface area contributed by atoms with Crippen LogP contribution in [-0.2, 0) is 14.8 Å². The summed E-state index contributed by atoms with van der Waals surface area (Å²) in [7, 11) is -3.54. The summed E-state index contributed by atoms with van der Waals surface area (Å²) < 4.78 is 25.9. The minimum atomic E-state index is -3.54. The maximum atomic E-state index is 12.0. The zero-order valence-electron chi connectivity index (χ0n) is 12.8. The molecule has 0 aliphatic heterocycles. The van der Waals surface area contributed by atoms with Gasteiger partial charge in [0.25, 0.3) is 5.91 Å². The van der Waals surface area contributed by atoms with Gasteiger partial charge in [-0.05, 0) is 38.1 Å². The van der Waals surface area contributed by atoms with Crippen LogP contribution in [0, 0.1) is 0 Å². The minimum Gasteiger partial charge on any atom is -0.355 e. The molecule has 122 valence electrons. The van der Waals surface area contributed by atoms with Crippen LogP contribution in [0.1, 0.15) is 31.1 Å². The van der Waals surface area contributed by atoms with Crippen LogP contribution in [0.15, 0.2) is 29.2 Å². The molecule has 0 saturated carbocycles. The topological polar surface area (TPSA) is 104 Å². The molecule has 1 atom stereocenters. The number of carbonyl (C=O) groups excluding carboxylic acids is 2. The van der Waals surface area contributed by atoms with E-state index >= 15 is 0 Å². The quantitative estimate of drug-likeness (QED) is 0.667. The third-order valence-electron chi connectivity index (χ3n) is 2.85. The van der Waals surface area contributed by atoms with Crippen molar-refractivity contribution in [2.45, 2.75) is 31.7 Å². The minimum absolute atomic E-state index is 0.0858. The van der Waals surface area contributed by atoms with Gasteiger partial charge < -0.3 is 10.6 Å². The Kier molecular flexibility index (Phi) is 6.51. The SMILES string of the molecule is CCNC(=O)C(C)NC(=O)c1ccc(S(=O)(=O)NCC)cc1. The van der Waals surface area contributed by atoms with E-state index in [4.69, 9.17) is 0 Å². The third-order valence-corrected chi connectivity index (χ3v) is 4.41. The second kappa shape index (κ2) is 7.90. The molecule has 0 aliphatic carbocycles. The van der Waals surface area contributed by atoms with Crippen molar-refractivity contribution < 1.29 is 18.0 Å². The molecule has 8 heteroatoms. The fourth-order valence-corrected chi connectivity index (χ4v) is 2.77. The summed E-state index contributed by atoms with van der Waals surface area (Å²) in [4.78, 5) is 23.6. The molecular formula is C14H21N3O4S. The van der Waals surface area contributed by atoms with Gasteiger partial charge in [0, 0.05) is 18.7 Å². The van der Waals surface area contributed by atoms with Gasteiger partial charge in [-0.3, -0.25) is 9.59 Å². The van der Waals surface area contributed by atoms with E-state index in [1.165, 1.54) is 24.3 Å². The standard InChI is InChI=1S/C14H21N3O4S/c1-4-15-13(18)10(3)17-14(19)11-6-8-12(9-7-11)22(20,21)16-5-2/h6-10,16H,4-5H2,1-3H3,(H,15,18)(H,17,19). The predicted octanol–water partition coefficient (Wildman–Crippen LogP) is 0.239. The second-order valence-electron chi connectivity index (χ2n) is 4.62. The van der Waals surface area contributed by atoms with Gasteiger partial charge >= 0.3 is 0 Å². The lowest BCUT2D eigenvalue weighted by molar-refractivity contribution is -0.122. The first kappa shape index (κ1) is 18.1. The van der Waals surface area contributed by atoms with Gasteiger partial charge in [0.15, 0.2) is 0 Å². The van der Waals surface area contributed by atoms with Crippen molar-refractivity contribution in [3.05, 3.63) is 29.8 Å². The van der Waals surface area contributed by atoms with Crippen molar-refractivity contribution in [2.75, 3.05) is 13.1 Å². The highest BCUT2D eigenvalue weighted by atomic mass is 32.2. The Balaban J connectivity index is 2.78. The second-order valence-corrected chi connectivity index (χ2v) is 6.38. The van der Waals surface area contributed by atoms with Gasteiger partial charge in [-0.15, -0.1) is 0 Å². The fourth-order valence-electron chi connectivity index (χ4n) is 1.73. The summed E-state index contributed by atoms with van der Waals surface area (Å²) in [5.41, 5.74) is 0.284. The van der Waals surface area contributed by atoms with Crippen LogP contribution in [0.2, 0.25) is 0 Å². The molecule has 2 amide bonds. The Morgan fingerprint density at radius 3 is 2.18 bits per heavy atom. The fraction of sp³-hybridized carbons (Fsp3) is 0.429. The number of likely N-dealkylation sites (N-methyl/N-ethyl adjacent to an activating group) is 1. The molecule has 0 saturated heterocycles. The van der Waals surface area contributed by atoms with Crippen LogP contribution in [0.3, 0.4) is 0 Å². The van der Waals surface area contributed by atoms with Crippen molar-refractivity contribution in [3.63, 3.8) is 0 Å². The van der Waals surface area contributed by atoms with Crippen molar-refractivity contribution in [1.82, 2.24) is 15.4 Å². The molecule has 22 heavy (non-hydrogen) atoms. The molecule has 0 heterocycles. The van der Waals surface area contributed by atoms with Crippen LogP contribution in [0.5, 0.6) is 0 Å². The number of hydrogen-bond donors (Lipinski definition) is 3. The summed E-state index contributed by atoms with van der Waals surface area (Å²) in [6.45, 7) is 5.82. The van der Waals surface area contributed by atoms with Gasteiger partial charge in [0.2, 0.25) is 15.9 Å². The summed E-state index contributed by atoms with van der Waals surface area (Å²) in [5, 5.41) is 5.15. The van der Waals surface area contributed by atoms with Crippen LogP contribution >= 0.6 is 0 Å². The zero-order chi connectivity index (χ0) is 16.8. The van der Waals surface area contributed by atoms with Gasteiger partial charge in [-0.25, -0.2) is 13.1 Å². The van der Waals surface area contributed by atoms with E-state index in [0.29, 0.717) is 6.54 Å². The summed E-state index contributed by atoms with van der Waals surface area (Å²) in [6, 6.07) is 4.85. The van der Waals surface area contributed by atoms with E-state index in [-0.39, 0.29) is 22.9 Å². The normalized spacial score (nSPS) is 12.5. The lowest BCUT2D eigenvalue weighted by Crippen LogP contribution is -2.44.